The van der Waals surface area contributed by atoms with Crippen molar-refractivity contribution >= 4 is 16.8 Å². The molecule has 1 aromatic carbocycles. The first-order valence-electron chi connectivity index (χ1n) is 14.3. The summed E-state index contributed by atoms with van der Waals surface area (Å²) in [4.78, 5) is 13.3. The lowest BCUT2D eigenvalue weighted by Gasteiger charge is -2.31. The van der Waals surface area contributed by atoms with E-state index in [1.165, 1.54) is 80.7 Å². The van der Waals surface area contributed by atoms with Gasteiger partial charge in [0.25, 0.3) is 0 Å². The molecule has 3 fully saturated rings. The van der Waals surface area contributed by atoms with Crippen molar-refractivity contribution in [2.24, 2.45) is 17.6 Å². The number of carbonyl (C=O) groups excluding carboxylic acids is 1. The maximum absolute atomic E-state index is 13.3. The van der Waals surface area contributed by atoms with Gasteiger partial charge in [0, 0.05) is 42.1 Å². The van der Waals surface area contributed by atoms with Gasteiger partial charge >= 0.3 is 0 Å². The minimum absolute atomic E-state index is 0.250. The van der Waals surface area contributed by atoms with E-state index in [2.05, 4.69) is 40.3 Å². The van der Waals surface area contributed by atoms with E-state index in [1.807, 2.05) is 0 Å². The molecule has 34 heavy (non-hydrogen) atoms. The van der Waals surface area contributed by atoms with Crippen LogP contribution < -0.4 is 11.1 Å². The zero-order valence-corrected chi connectivity index (χ0v) is 21.0. The van der Waals surface area contributed by atoms with Gasteiger partial charge in [-0.25, -0.2) is 0 Å². The molecule has 1 heterocycles. The molecule has 1 aromatic heterocycles. The van der Waals surface area contributed by atoms with E-state index in [0.717, 1.165) is 38.1 Å². The summed E-state index contributed by atoms with van der Waals surface area (Å²) in [7, 11) is 0. The van der Waals surface area contributed by atoms with Gasteiger partial charge in [0.05, 0.1) is 0 Å². The Morgan fingerprint density at radius 2 is 1.59 bits per heavy atom. The van der Waals surface area contributed by atoms with E-state index in [1.54, 1.807) is 0 Å². The number of benzene rings is 1. The van der Waals surface area contributed by atoms with Gasteiger partial charge < -0.3 is 15.6 Å². The molecule has 0 saturated heterocycles. The topological polar surface area (TPSA) is 60.0 Å². The highest BCUT2D eigenvalue weighted by molar-refractivity contribution is 5.86. The predicted molar refractivity (Wildman–Crippen MR) is 141 cm³/mol. The summed E-state index contributed by atoms with van der Waals surface area (Å²) in [5.74, 6) is 1.99. The highest BCUT2D eigenvalue weighted by Gasteiger charge is 2.31. The van der Waals surface area contributed by atoms with E-state index in [-0.39, 0.29) is 5.91 Å². The van der Waals surface area contributed by atoms with E-state index in [0.29, 0.717) is 30.3 Å². The van der Waals surface area contributed by atoms with Crippen LogP contribution >= 0.6 is 0 Å². The SMILES string of the molecule is N[C@H]1CC[C@H](NC(=O)CC(c2cn(CC3CCCCC3)c3ccccc23)C2CCCCC2)CC1. The number of amides is 1. The fraction of sp³-hybridized carbons (Fsp3) is 0.700. The Morgan fingerprint density at radius 1 is 0.912 bits per heavy atom. The Labute approximate surface area is 206 Å². The lowest BCUT2D eigenvalue weighted by molar-refractivity contribution is -0.122. The second-order valence-corrected chi connectivity index (χ2v) is 11.6. The Balaban J connectivity index is 1.39. The molecule has 0 radical (unpaired) electrons. The fourth-order valence-electron chi connectivity index (χ4n) is 7.19. The average Bonchev–Trinajstić information content (AvgIpc) is 3.23. The molecular weight excluding hydrogens is 418 g/mol. The zero-order chi connectivity index (χ0) is 23.3. The average molecular weight is 464 g/mol. The third-order valence-electron chi connectivity index (χ3n) is 9.16. The molecule has 186 valence electrons. The van der Waals surface area contributed by atoms with Crippen LogP contribution in [0.1, 0.15) is 108 Å². The van der Waals surface area contributed by atoms with Gasteiger partial charge in [-0.1, -0.05) is 56.7 Å². The number of nitrogens with one attached hydrogen (secondary N) is 1. The number of hydrogen-bond acceptors (Lipinski definition) is 2. The van der Waals surface area contributed by atoms with Crippen molar-refractivity contribution in [3.05, 3.63) is 36.0 Å². The highest BCUT2D eigenvalue weighted by Crippen LogP contribution is 2.42. The highest BCUT2D eigenvalue weighted by atomic mass is 16.1. The van der Waals surface area contributed by atoms with E-state index in [4.69, 9.17) is 5.73 Å². The van der Waals surface area contributed by atoms with Crippen molar-refractivity contribution in [1.29, 1.82) is 0 Å². The minimum atomic E-state index is 0.250. The van der Waals surface area contributed by atoms with Crippen LogP contribution in [0.2, 0.25) is 0 Å². The Bertz CT molecular complexity index is 930. The molecule has 3 N–H and O–H groups in total. The van der Waals surface area contributed by atoms with E-state index >= 15 is 0 Å². The van der Waals surface area contributed by atoms with Crippen LogP contribution in [0.15, 0.2) is 30.5 Å². The molecule has 1 atom stereocenters. The van der Waals surface area contributed by atoms with Crippen molar-refractivity contribution in [2.75, 3.05) is 0 Å². The standard InChI is InChI=1S/C30H45N3O/c31-24-15-17-25(18-16-24)32-30(34)19-27(23-11-5-2-6-12-23)28-21-33(20-22-9-3-1-4-10-22)29-14-8-7-13-26(28)29/h7-8,13-14,21-25,27H,1-6,9-12,15-20,31H2,(H,32,34)/t24-,25-,27?. The van der Waals surface area contributed by atoms with Crippen LogP contribution in [0.5, 0.6) is 0 Å². The summed E-state index contributed by atoms with van der Waals surface area (Å²) < 4.78 is 2.54. The van der Waals surface area contributed by atoms with Gasteiger partial charge in [0.2, 0.25) is 5.91 Å². The van der Waals surface area contributed by atoms with Gasteiger partial charge in [-0.05, 0) is 80.8 Å². The molecule has 4 heteroatoms. The zero-order valence-electron chi connectivity index (χ0n) is 21.0. The maximum atomic E-state index is 13.3. The van der Waals surface area contributed by atoms with Crippen molar-refractivity contribution in [3.8, 4) is 0 Å². The monoisotopic (exact) mass is 463 g/mol. The first kappa shape index (κ1) is 23.9. The lowest BCUT2D eigenvalue weighted by atomic mass is 9.75. The lowest BCUT2D eigenvalue weighted by Crippen LogP contribution is -2.41. The number of para-hydroxylation sites is 1. The summed E-state index contributed by atoms with van der Waals surface area (Å²) in [5, 5.41) is 4.78. The molecule has 3 aliphatic carbocycles. The van der Waals surface area contributed by atoms with Crippen molar-refractivity contribution in [3.63, 3.8) is 0 Å². The molecule has 3 saturated carbocycles. The van der Waals surface area contributed by atoms with E-state index in [9.17, 15) is 4.79 Å². The van der Waals surface area contributed by atoms with Crippen LogP contribution in [-0.4, -0.2) is 22.6 Å². The molecule has 5 rings (SSSR count). The second kappa shape index (κ2) is 11.3. The van der Waals surface area contributed by atoms with Gasteiger partial charge in [-0.3, -0.25) is 4.79 Å². The van der Waals surface area contributed by atoms with Crippen molar-refractivity contribution in [2.45, 2.75) is 121 Å². The smallest absolute Gasteiger partial charge is 0.220 e. The van der Waals surface area contributed by atoms with Gasteiger partial charge in [-0.2, -0.15) is 0 Å². The molecule has 0 spiro atoms. The van der Waals surface area contributed by atoms with Crippen molar-refractivity contribution < 1.29 is 4.79 Å². The molecule has 0 aliphatic heterocycles. The normalized spacial score (nSPS) is 25.9. The van der Waals surface area contributed by atoms with Gasteiger partial charge in [0.15, 0.2) is 0 Å². The third kappa shape index (κ3) is 5.70. The second-order valence-electron chi connectivity index (χ2n) is 11.6. The molecular formula is C30H45N3O. The molecule has 4 nitrogen and oxygen atoms in total. The van der Waals surface area contributed by atoms with Crippen LogP contribution in [0.25, 0.3) is 10.9 Å². The van der Waals surface area contributed by atoms with Gasteiger partial charge in [0.1, 0.15) is 0 Å². The number of rotatable bonds is 7. The number of hydrogen-bond donors (Lipinski definition) is 2. The number of carbonyl (C=O) groups is 1. The number of fused-ring (bicyclic) bond motifs is 1. The van der Waals surface area contributed by atoms with Crippen LogP contribution in [0.3, 0.4) is 0 Å². The molecule has 3 aliphatic rings. The third-order valence-corrected chi connectivity index (χ3v) is 9.16. The van der Waals surface area contributed by atoms with E-state index < -0.39 is 0 Å². The molecule has 2 aromatic rings. The number of aromatic nitrogens is 1. The molecule has 1 unspecified atom stereocenters. The number of nitrogens with zero attached hydrogens (tertiary/aromatic N) is 1. The van der Waals surface area contributed by atoms with Crippen molar-refractivity contribution in [1.82, 2.24) is 9.88 Å². The summed E-state index contributed by atoms with van der Waals surface area (Å²) in [6.07, 6.45) is 20.6. The van der Waals surface area contributed by atoms with Crippen LogP contribution in [0.4, 0.5) is 0 Å². The summed E-state index contributed by atoms with van der Waals surface area (Å²) in [5.41, 5.74) is 8.89. The minimum Gasteiger partial charge on any atom is -0.353 e. The van der Waals surface area contributed by atoms with Crippen LogP contribution in [-0.2, 0) is 11.3 Å². The summed E-state index contributed by atoms with van der Waals surface area (Å²) >= 11 is 0. The molecule has 1 amide bonds. The first-order valence-corrected chi connectivity index (χ1v) is 14.3. The Morgan fingerprint density at radius 3 is 2.32 bits per heavy atom. The predicted octanol–water partition coefficient (Wildman–Crippen LogP) is 6.66. The Hall–Kier alpha value is -1.81. The molecule has 0 bridgehead atoms. The quantitative estimate of drug-likeness (QED) is 0.482. The largest absolute Gasteiger partial charge is 0.353 e. The summed E-state index contributed by atoms with van der Waals surface area (Å²) in [6, 6.07) is 9.59. The fourth-order valence-corrected chi connectivity index (χ4v) is 7.19. The van der Waals surface area contributed by atoms with Gasteiger partial charge in [-0.15, -0.1) is 0 Å². The van der Waals surface area contributed by atoms with Crippen LogP contribution in [0, 0.1) is 11.8 Å². The Kier molecular flexibility index (Phi) is 7.94. The summed E-state index contributed by atoms with van der Waals surface area (Å²) in [6.45, 7) is 1.13. The number of nitrogens with two attached hydrogens (primary N) is 1. The maximum Gasteiger partial charge on any atom is 0.220 e. The first-order chi connectivity index (χ1) is 16.7.